The number of carbonyl (C=O) groups is 1. The fourth-order valence-corrected chi connectivity index (χ4v) is 3.69. The molecular formula is C13H23Cl2N5O. The Morgan fingerprint density at radius 2 is 2.14 bits per heavy atom. The molecule has 0 aliphatic heterocycles. The summed E-state index contributed by atoms with van der Waals surface area (Å²) in [6.07, 6.45) is 5.16. The van der Waals surface area contributed by atoms with Crippen LogP contribution in [0.5, 0.6) is 0 Å². The van der Waals surface area contributed by atoms with Crippen molar-refractivity contribution >= 4 is 30.7 Å². The molecular weight excluding hydrogens is 313 g/mol. The molecule has 0 radical (unpaired) electrons. The predicted molar refractivity (Wildman–Crippen MR) is 84.3 cm³/mol. The second-order valence-electron chi connectivity index (χ2n) is 5.69. The average Bonchev–Trinajstić information content (AvgIpc) is 3.10. The summed E-state index contributed by atoms with van der Waals surface area (Å²) >= 11 is 0. The highest BCUT2D eigenvalue weighted by Gasteiger charge is 2.48. The van der Waals surface area contributed by atoms with Gasteiger partial charge in [0.2, 0.25) is 5.91 Å². The van der Waals surface area contributed by atoms with Crippen LogP contribution in [0.1, 0.15) is 32.0 Å². The van der Waals surface area contributed by atoms with Gasteiger partial charge < -0.3 is 15.6 Å². The van der Waals surface area contributed by atoms with E-state index in [2.05, 4.69) is 15.5 Å². The normalized spacial score (nSPS) is 29.6. The SMILES string of the molecule is CCn1cnnc1CNC(=O)C1C2CCC(C2)C1N.Cl.Cl. The molecule has 2 saturated carbocycles. The lowest BCUT2D eigenvalue weighted by molar-refractivity contribution is -0.127. The quantitative estimate of drug-likeness (QED) is 0.863. The van der Waals surface area contributed by atoms with Crippen LogP contribution in [0.15, 0.2) is 6.33 Å². The number of amides is 1. The smallest absolute Gasteiger partial charge is 0.225 e. The Balaban J connectivity index is 0.00000110. The van der Waals surface area contributed by atoms with E-state index in [1.54, 1.807) is 6.33 Å². The Labute approximate surface area is 137 Å². The molecule has 3 N–H and O–H groups in total. The van der Waals surface area contributed by atoms with Crippen molar-refractivity contribution in [1.29, 1.82) is 0 Å². The number of nitrogens with one attached hydrogen (secondary N) is 1. The van der Waals surface area contributed by atoms with Crippen LogP contribution in [0, 0.1) is 17.8 Å². The van der Waals surface area contributed by atoms with E-state index in [1.165, 1.54) is 6.42 Å². The van der Waals surface area contributed by atoms with Gasteiger partial charge in [-0.15, -0.1) is 35.0 Å². The molecule has 4 unspecified atom stereocenters. The highest BCUT2D eigenvalue weighted by Crippen LogP contribution is 2.47. The molecule has 4 atom stereocenters. The average molecular weight is 336 g/mol. The van der Waals surface area contributed by atoms with Crippen molar-refractivity contribution in [2.24, 2.45) is 23.5 Å². The van der Waals surface area contributed by atoms with E-state index in [0.29, 0.717) is 18.4 Å². The van der Waals surface area contributed by atoms with Gasteiger partial charge in [-0.05, 0) is 38.0 Å². The summed E-state index contributed by atoms with van der Waals surface area (Å²) in [5.41, 5.74) is 6.18. The van der Waals surface area contributed by atoms with Crippen molar-refractivity contribution in [2.45, 2.75) is 45.3 Å². The van der Waals surface area contributed by atoms with Crippen molar-refractivity contribution < 1.29 is 4.79 Å². The highest BCUT2D eigenvalue weighted by atomic mass is 35.5. The Morgan fingerprint density at radius 1 is 1.43 bits per heavy atom. The molecule has 2 bridgehead atoms. The zero-order valence-corrected chi connectivity index (χ0v) is 13.7. The summed E-state index contributed by atoms with van der Waals surface area (Å²) in [6, 6.07) is 0.0443. The first-order valence-corrected chi connectivity index (χ1v) is 7.10. The van der Waals surface area contributed by atoms with Gasteiger partial charge in [-0.25, -0.2) is 0 Å². The third-order valence-corrected chi connectivity index (χ3v) is 4.74. The summed E-state index contributed by atoms with van der Waals surface area (Å²) < 4.78 is 1.93. The molecule has 6 nitrogen and oxygen atoms in total. The van der Waals surface area contributed by atoms with Crippen molar-refractivity contribution in [3.8, 4) is 0 Å². The van der Waals surface area contributed by atoms with E-state index in [4.69, 9.17) is 5.73 Å². The maximum Gasteiger partial charge on any atom is 0.225 e. The van der Waals surface area contributed by atoms with E-state index >= 15 is 0 Å². The van der Waals surface area contributed by atoms with Crippen LogP contribution in [0.4, 0.5) is 0 Å². The minimum absolute atomic E-state index is 0. The number of nitrogens with zero attached hydrogens (tertiary/aromatic N) is 3. The Kier molecular flexibility index (Phi) is 6.43. The lowest BCUT2D eigenvalue weighted by Gasteiger charge is -2.26. The molecule has 2 aliphatic carbocycles. The first kappa shape index (κ1) is 18.2. The van der Waals surface area contributed by atoms with Crippen LogP contribution in [0.2, 0.25) is 0 Å². The van der Waals surface area contributed by atoms with Gasteiger partial charge in [0.1, 0.15) is 6.33 Å². The molecule has 120 valence electrons. The van der Waals surface area contributed by atoms with Gasteiger partial charge in [-0.1, -0.05) is 0 Å². The first-order valence-electron chi connectivity index (χ1n) is 7.10. The minimum Gasteiger partial charge on any atom is -0.348 e. The molecule has 3 rings (SSSR count). The van der Waals surface area contributed by atoms with Crippen molar-refractivity contribution in [1.82, 2.24) is 20.1 Å². The largest absolute Gasteiger partial charge is 0.348 e. The molecule has 0 aromatic carbocycles. The topological polar surface area (TPSA) is 85.8 Å². The van der Waals surface area contributed by atoms with Crippen LogP contribution in [-0.4, -0.2) is 26.7 Å². The fraction of sp³-hybridized carbons (Fsp3) is 0.769. The number of aryl methyl sites for hydroxylation is 1. The molecule has 0 spiro atoms. The standard InChI is InChI=1S/C13H21N5O.2ClH/c1-2-18-7-16-17-10(18)6-15-13(19)11-8-3-4-9(5-8)12(11)14;;/h7-9,11-12H,2-6,14H2,1H3,(H,15,19);2*1H. The summed E-state index contributed by atoms with van der Waals surface area (Å²) in [4.78, 5) is 12.3. The highest BCUT2D eigenvalue weighted by molar-refractivity contribution is 5.85. The van der Waals surface area contributed by atoms with Gasteiger partial charge in [0.05, 0.1) is 12.5 Å². The van der Waals surface area contributed by atoms with Crippen LogP contribution < -0.4 is 11.1 Å². The molecule has 8 heteroatoms. The third kappa shape index (κ3) is 3.33. The molecule has 1 aromatic heterocycles. The van der Waals surface area contributed by atoms with Crippen LogP contribution >= 0.6 is 24.8 Å². The summed E-state index contributed by atoms with van der Waals surface area (Å²) in [6.45, 7) is 3.28. The van der Waals surface area contributed by atoms with E-state index in [1.807, 2.05) is 11.5 Å². The maximum absolute atomic E-state index is 12.3. The van der Waals surface area contributed by atoms with E-state index in [0.717, 1.165) is 25.2 Å². The summed E-state index contributed by atoms with van der Waals surface area (Å²) in [5, 5.41) is 10.9. The van der Waals surface area contributed by atoms with Crippen LogP contribution in [-0.2, 0) is 17.9 Å². The van der Waals surface area contributed by atoms with E-state index < -0.39 is 0 Å². The van der Waals surface area contributed by atoms with Crippen LogP contribution in [0.3, 0.4) is 0 Å². The van der Waals surface area contributed by atoms with Gasteiger partial charge in [0.25, 0.3) is 0 Å². The first-order chi connectivity index (χ1) is 9.20. The molecule has 1 heterocycles. The van der Waals surface area contributed by atoms with Gasteiger partial charge in [0, 0.05) is 12.6 Å². The number of hydrogen-bond acceptors (Lipinski definition) is 4. The molecule has 1 aromatic rings. The van der Waals surface area contributed by atoms with Crippen molar-refractivity contribution in [3.63, 3.8) is 0 Å². The maximum atomic E-state index is 12.3. The van der Waals surface area contributed by atoms with E-state index in [-0.39, 0.29) is 42.7 Å². The van der Waals surface area contributed by atoms with Gasteiger partial charge in [0.15, 0.2) is 5.82 Å². The molecule has 21 heavy (non-hydrogen) atoms. The lowest BCUT2D eigenvalue weighted by atomic mass is 9.84. The number of fused-ring (bicyclic) bond motifs is 2. The predicted octanol–water partition coefficient (Wildman–Crippen LogP) is 1.13. The summed E-state index contributed by atoms with van der Waals surface area (Å²) in [5.74, 6) is 1.93. The van der Waals surface area contributed by atoms with Gasteiger partial charge in [-0.2, -0.15) is 0 Å². The summed E-state index contributed by atoms with van der Waals surface area (Å²) in [7, 11) is 0. The second kappa shape index (κ2) is 7.42. The third-order valence-electron chi connectivity index (χ3n) is 4.74. The van der Waals surface area contributed by atoms with E-state index in [9.17, 15) is 4.79 Å². The molecule has 1 amide bonds. The minimum atomic E-state index is -0.00301. The lowest BCUT2D eigenvalue weighted by Crippen LogP contribution is -2.45. The van der Waals surface area contributed by atoms with Gasteiger partial charge >= 0.3 is 0 Å². The fourth-order valence-electron chi connectivity index (χ4n) is 3.69. The van der Waals surface area contributed by atoms with Crippen LogP contribution in [0.25, 0.3) is 0 Å². The number of halogens is 2. The number of aromatic nitrogens is 3. The van der Waals surface area contributed by atoms with Crippen molar-refractivity contribution in [3.05, 3.63) is 12.2 Å². The Hall–Kier alpha value is -0.850. The zero-order chi connectivity index (χ0) is 13.4. The zero-order valence-electron chi connectivity index (χ0n) is 12.1. The molecule has 2 fully saturated rings. The molecule has 2 aliphatic rings. The number of carbonyl (C=O) groups excluding carboxylic acids is 1. The number of rotatable bonds is 4. The number of nitrogens with two attached hydrogens (primary N) is 1. The second-order valence-corrected chi connectivity index (χ2v) is 5.69. The Morgan fingerprint density at radius 3 is 2.76 bits per heavy atom. The molecule has 0 saturated heterocycles. The Bertz CT molecular complexity index is 479. The monoisotopic (exact) mass is 335 g/mol. The van der Waals surface area contributed by atoms with Gasteiger partial charge in [-0.3, -0.25) is 4.79 Å². The van der Waals surface area contributed by atoms with Crippen molar-refractivity contribution in [2.75, 3.05) is 0 Å². The number of hydrogen-bond donors (Lipinski definition) is 2.